The molecule has 0 saturated heterocycles. The van der Waals surface area contributed by atoms with Crippen LogP contribution in [0.1, 0.15) is 26.5 Å². The van der Waals surface area contributed by atoms with E-state index in [0.717, 1.165) is 0 Å². The molecular formula is C21H15FN2O4S. The molecule has 1 amide bonds. The Morgan fingerprint density at radius 3 is 2.59 bits per heavy atom. The second-order valence-electron chi connectivity index (χ2n) is 6.15. The molecular weight excluding hydrogens is 395 g/mol. The Morgan fingerprint density at radius 1 is 1.14 bits per heavy atom. The molecule has 0 radical (unpaired) electrons. The number of ether oxygens (including phenoxy) is 1. The molecule has 0 fully saturated rings. The van der Waals surface area contributed by atoms with Gasteiger partial charge in [-0.1, -0.05) is 11.3 Å². The van der Waals surface area contributed by atoms with Crippen LogP contribution in [-0.4, -0.2) is 24.0 Å². The summed E-state index contributed by atoms with van der Waals surface area (Å²) in [6, 6.07) is 13.9. The number of carbonyl (C=O) groups is 2. The van der Waals surface area contributed by atoms with Gasteiger partial charge in [0, 0.05) is 5.56 Å². The maximum atomic E-state index is 13.6. The number of halogens is 1. The summed E-state index contributed by atoms with van der Waals surface area (Å²) in [6.45, 7) is 0.160. The number of amides is 1. The summed E-state index contributed by atoms with van der Waals surface area (Å²) < 4.78 is 24.3. The number of methoxy groups -OCH3 is 1. The van der Waals surface area contributed by atoms with Crippen LogP contribution < -0.4 is 4.90 Å². The van der Waals surface area contributed by atoms with Gasteiger partial charge >= 0.3 is 5.97 Å². The number of nitrogens with zero attached hydrogens (tertiary/aromatic N) is 2. The standard InChI is InChI=1S/C21H15FN2O4S/c1-27-20(26)14-6-4-13(5-7-14)19(25)24(12-16-3-2-10-28-16)21-23-17-9-8-15(22)11-18(17)29-21/h2-11H,12H2,1H3. The topological polar surface area (TPSA) is 72.6 Å². The van der Waals surface area contributed by atoms with Crippen molar-refractivity contribution in [2.24, 2.45) is 0 Å². The minimum Gasteiger partial charge on any atom is -0.467 e. The first-order valence-corrected chi connectivity index (χ1v) is 9.45. The number of furan rings is 1. The number of thiazole rings is 1. The van der Waals surface area contributed by atoms with Crippen LogP contribution in [0.4, 0.5) is 9.52 Å². The van der Waals surface area contributed by atoms with E-state index in [2.05, 4.69) is 9.72 Å². The zero-order chi connectivity index (χ0) is 20.4. The normalized spacial score (nSPS) is 10.8. The third-order valence-electron chi connectivity index (χ3n) is 4.26. The van der Waals surface area contributed by atoms with Gasteiger partial charge in [-0.25, -0.2) is 14.2 Å². The second kappa shape index (κ2) is 7.84. The quantitative estimate of drug-likeness (QED) is 0.448. The first-order chi connectivity index (χ1) is 14.0. The van der Waals surface area contributed by atoms with Crippen molar-refractivity contribution in [1.82, 2.24) is 4.98 Å². The van der Waals surface area contributed by atoms with Gasteiger partial charge < -0.3 is 9.15 Å². The van der Waals surface area contributed by atoms with Crippen LogP contribution in [0.15, 0.2) is 65.3 Å². The van der Waals surface area contributed by atoms with Crippen LogP contribution in [0.2, 0.25) is 0 Å². The van der Waals surface area contributed by atoms with Crippen LogP contribution in [0.25, 0.3) is 10.2 Å². The molecule has 4 rings (SSSR count). The number of esters is 1. The minimum absolute atomic E-state index is 0.160. The highest BCUT2D eigenvalue weighted by atomic mass is 32.1. The van der Waals surface area contributed by atoms with Crippen LogP contribution in [0.3, 0.4) is 0 Å². The Balaban J connectivity index is 1.71. The van der Waals surface area contributed by atoms with E-state index >= 15 is 0 Å². The number of hydrogen-bond donors (Lipinski definition) is 0. The number of fused-ring (bicyclic) bond motifs is 1. The fourth-order valence-electron chi connectivity index (χ4n) is 2.81. The molecule has 2 aromatic carbocycles. The fourth-order valence-corrected chi connectivity index (χ4v) is 3.80. The molecule has 0 bridgehead atoms. The molecule has 0 saturated carbocycles. The van der Waals surface area contributed by atoms with Crippen LogP contribution in [-0.2, 0) is 11.3 Å². The van der Waals surface area contributed by atoms with Crippen molar-refractivity contribution >= 4 is 38.6 Å². The Kier molecular flexibility index (Phi) is 5.09. The summed E-state index contributed by atoms with van der Waals surface area (Å²) >= 11 is 1.21. The molecule has 0 aliphatic carbocycles. The molecule has 8 heteroatoms. The molecule has 6 nitrogen and oxygen atoms in total. The molecule has 0 aliphatic rings. The van der Waals surface area contributed by atoms with E-state index in [1.54, 1.807) is 30.3 Å². The highest BCUT2D eigenvalue weighted by Gasteiger charge is 2.23. The number of rotatable bonds is 5. The lowest BCUT2D eigenvalue weighted by Gasteiger charge is -2.19. The fraction of sp³-hybridized carbons (Fsp3) is 0.0952. The number of aromatic nitrogens is 1. The SMILES string of the molecule is COC(=O)c1ccc(C(=O)N(Cc2ccco2)c2nc3ccc(F)cc3s2)cc1. The number of carbonyl (C=O) groups excluding carboxylic acids is 2. The van der Waals surface area contributed by atoms with Gasteiger partial charge in [0.2, 0.25) is 0 Å². The average molecular weight is 410 g/mol. The van der Waals surface area contributed by atoms with Crippen molar-refractivity contribution in [3.05, 3.63) is 83.6 Å². The summed E-state index contributed by atoms with van der Waals surface area (Å²) in [7, 11) is 1.29. The van der Waals surface area contributed by atoms with Gasteiger partial charge in [-0.05, 0) is 54.6 Å². The van der Waals surface area contributed by atoms with Crippen LogP contribution >= 0.6 is 11.3 Å². The molecule has 29 heavy (non-hydrogen) atoms. The van der Waals surface area contributed by atoms with Crippen molar-refractivity contribution in [3.63, 3.8) is 0 Å². The van der Waals surface area contributed by atoms with Crippen molar-refractivity contribution in [1.29, 1.82) is 0 Å². The van der Waals surface area contributed by atoms with E-state index in [0.29, 0.717) is 32.2 Å². The monoisotopic (exact) mass is 410 g/mol. The first-order valence-electron chi connectivity index (χ1n) is 8.64. The van der Waals surface area contributed by atoms with E-state index in [4.69, 9.17) is 4.42 Å². The van der Waals surface area contributed by atoms with Crippen LogP contribution in [0, 0.1) is 5.82 Å². The summed E-state index contributed by atoms with van der Waals surface area (Å²) in [4.78, 5) is 30.8. The Bertz CT molecular complexity index is 1170. The summed E-state index contributed by atoms with van der Waals surface area (Å²) in [5.41, 5.74) is 1.32. The van der Waals surface area contributed by atoms with E-state index in [9.17, 15) is 14.0 Å². The average Bonchev–Trinajstić information content (AvgIpc) is 3.40. The maximum absolute atomic E-state index is 13.6. The molecule has 0 N–H and O–H groups in total. The van der Waals surface area contributed by atoms with Crippen molar-refractivity contribution in [2.45, 2.75) is 6.54 Å². The lowest BCUT2D eigenvalue weighted by molar-refractivity contribution is 0.0600. The Labute approximate surface area is 169 Å². The molecule has 146 valence electrons. The Hall–Kier alpha value is -3.52. The second-order valence-corrected chi connectivity index (χ2v) is 7.16. The number of anilines is 1. The predicted octanol–water partition coefficient (Wildman–Crippen LogP) is 4.66. The van der Waals surface area contributed by atoms with Gasteiger partial charge in [-0.3, -0.25) is 9.69 Å². The molecule has 0 atom stereocenters. The molecule has 0 aliphatic heterocycles. The van der Waals surface area contributed by atoms with E-state index in [1.807, 2.05) is 0 Å². The minimum atomic E-state index is -0.482. The third kappa shape index (κ3) is 3.88. The van der Waals surface area contributed by atoms with Gasteiger partial charge in [0.25, 0.3) is 5.91 Å². The summed E-state index contributed by atoms with van der Waals surface area (Å²) in [6.07, 6.45) is 1.52. The lowest BCUT2D eigenvalue weighted by atomic mass is 10.1. The van der Waals surface area contributed by atoms with Crippen LogP contribution in [0.5, 0.6) is 0 Å². The Morgan fingerprint density at radius 2 is 1.90 bits per heavy atom. The molecule has 2 heterocycles. The third-order valence-corrected chi connectivity index (χ3v) is 5.30. The van der Waals surface area contributed by atoms with Gasteiger partial charge in [0.05, 0.1) is 35.7 Å². The summed E-state index contributed by atoms with van der Waals surface area (Å²) in [5.74, 6) is -0.591. The van der Waals surface area contributed by atoms with E-state index in [1.165, 1.54) is 53.9 Å². The number of benzene rings is 2. The smallest absolute Gasteiger partial charge is 0.337 e. The zero-order valence-corrected chi connectivity index (χ0v) is 16.1. The van der Waals surface area contributed by atoms with Gasteiger partial charge in [0.1, 0.15) is 11.6 Å². The van der Waals surface area contributed by atoms with Crippen molar-refractivity contribution < 1.29 is 23.1 Å². The highest BCUT2D eigenvalue weighted by Crippen LogP contribution is 2.31. The first kappa shape index (κ1) is 18.8. The lowest BCUT2D eigenvalue weighted by Crippen LogP contribution is -2.30. The van der Waals surface area contributed by atoms with Gasteiger partial charge in [-0.15, -0.1) is 0 Å². The van der Waals surface area contributed by atoms with E-state index in [-0.39, 0.29) is 18.3 Å². The van der Waals surface area contributed by atoms with Crippen molar-refractivity contribution in [2.75, 3.05) is 12.0 Å². The molecule has 0 unspecified atom stereocenters. The number of hydrogen-bond acceptors (Lipinski definition) is 6. The van der Waals surface area contributed by atoms with Gasteiger partial charge in [0.15, 0.2) is 5.13 Å². The molecule has 0 spiro atoms. The van der Waals surface area contributed by atoms with Crippen molar-refractivity contribution in [3.8, 4) is 0 Å². The largest absolute Gasteiger partial charge is 0.467 e. The van der Waals surface area contributed by atoms with Gasteiger partial charge in [-0.2, -0.15) is 0 Å². The predicted molar refractivity (Wildman–Crippen MR) is 107 cm³/mol. The zero-order valence-electron chi connectivity index (χ0n) is 15.3. The van der Waals surface area contributed by atoms with E-state index < -0.39 is 5.97 Å². The molecule has 2 aromatic heterocycles. The maximum Gasteiger partial charge on any atom is 0.337 e. The highest BCUT2D eigenvalue weighted by molar-refractivity contribution is 7.22. The molecule has 4 aromatic rings. The summed E-state index contributed by atoms with van der Waals surface area (Å²) in [5, 5.41) is 0.420.